The molecule has 2 nitrogen and oxygen atoms in total. The van der Waals surface area contributed by atoms with E-state index in [9.17, 15) is 0 Å². The summed E-state index contributed by atoms with van der Waals surface area (Å²) in [5, 5.41) is 3.64. The van der Waals surface area contributed by atoms with E-state index in [1.807, 2.05) is 0 Å². The molecule has 2 heteroatoms. The molecule has 0 heterocycles. The van der Waals surface area contributed by atoms with Gasteiger partial charge < -0.3 is 10.1 Å². The Morgan fingerprint density at radius 2 is 1.84 bits per heavy atom. The van der Waals surface area contributed by atoms with E-state index in [1.54, 1.807) is 0 Å². The number of hydrogen-bond acceptors (Lipinski definition) is 2. The molecule has 0 aromatic heterocycles. The van der Waals surface area contributed by atoms with Crippen molar-refractivity contribution in [2.75, 3.05) is 13.2 Å². The van der Waals surface area contributed by atoms with Crippen molar-refractivity contribution in [1.82, 2.24) is 5.32 Å². The molecule has 2 unspecified atom stereocenters. The van der Waals surface area contributed by atoms with Gasteiger partial charge in [-0.05, 0) is 56.8 Å². The zero-order valence-corrected chi connectivity index (χ0v) is 13.1. The summed E-state index contributed by atoms with van der Waals surface area (Å²) in [6.45, 7) is 12.6. The lowest BCUT2D eigenvalue weighted by Crippen LogP contribution is -2.34. The fraction of sp³-hybridized carbons (Fsp3) is 0.647. The number of aryl methyl sites for hydroxylation is 2. The molecule has 0 bridgehead atoms. The van der Waals surface area contributed by atoms with Crippen LogP contribution < -0.4 is 5.32 Å². The van der Waals surface area contributed by atoms with Gasteiger partial charge in [0, 0.05) is 6.61 Å². The topological polar surface area (TPSA) is 21.3 Å². The molecular formula is C17H29NO. The Kier molecular flexibility index (Phi) is 7.11. The number of hydrogen-bond donors (Lipinski definition) is 1. The van der Waals surface area contributed by atoms with E-state index in [1.165, 1.54) is 16.7 Å². The molecule has 0 radical (unpaired) electrons. The van der Waals surface area contributed by atoms with Crippen molar-refractivity contribution in [3.8, 4) is 0 Å². The highest BCUT2D eigenvalue weighted by Crippen LogP contribution is 2.24. The van der Waals surface area contributed by atoms with Crippen molar-refractivity contribution in [3.63, 3.8) is 0 Å². The normalized spacial score (nSPS) is 14.4. The second-order valence-corrected chi connectivity index (χ2v) is 5.18. The third kappa shape index (κ3) is 4.63. The molecule has 1 aromatic rings. The van der Waals surface area contributed by atoms with E-state index >= 15 is 0 Å². The lowest BCUT2D eigenvalue weighted by Gasteiger charge is -2.28. The molecular weight excluding hydrogens is 234 g/mol. The molecule has 0 fully saturated rings. The Hall–Kier alpha value is -0.860. The van der Waals surface area contributed by atoms with Crippen molar-refractivity contribution in [2.45, 2.75) is 59.6 Å². The van der Waals surface area contributed by atoms with Gasteiger partial charge in [-0.15, -0.1) is 0 Å². The SMILES string of the molecule is CCCNC(c1ccc(C)c(C)c1)C(CC)OCC. The van der Waals surface area contributed by atoms with Gasteiger partial charge in [0.25, 0.3) is 0 Å². The third-order valence-corrected chi connectivity index (χ3v) is 3.66. The van der Waals surface area contributed by atoms with Crippen molar-refractivity contribution in [3.05, 3.63) is 34.9 Å². The molecule has 0 spiro atoms. The lowest BCUT2D eigenvalue weighted by molar-refractivity contribution is 0.0314. The molecule has 0 aliphatic heterocycles. The van der Waals surface area contributed by atoms with Crippen LogP contribution >= 0.6 is 0 Å². The fourth-order valence-corrected chi connectivity index (χ4v) is 2.39. The smallest absolute Gasteiger partial charge is 0.0766 e. The van der Waals surface area contributed by atoms with Crippen molar-refractivity contribution >= 4 is 0 Å². The first-order valence-electron chi connectivity index (χ1n) is 7.56. The molecule has 0 saturated carbocycles. The molecule has 19 heavy (non-hydrogen) atoms. The predicted molar refractivity (Wildman–Crippen MR) is 82.7 cm³/mol. The standard InChI is InChI=1S/C17H29NO/c1-6-11-18-17(16(7-2)19-8-3)15-10-9-13(4)14(5)12-15/h9-10,12,16-18H,6-8,11H2,1-5H3. The molecule has 1 aromatic carbocycles. The summed E-state index contributed by atoms with van der Waals surface area (Å²) in [6.07, 6.45) is 2.42. The predicted octanol–water partition coefficient (Wildman–Crippen LogP) is 4.16. The molecule has 0 amide bonds. The number of rotatable bonds is 8. The summed E-state index contributed by atoms with van der Waals surface area (Å²) in [4.78, 5) is 0. The quantitative estimate of drug-likeness (QED) is 0.760. The summed E-state index contributed by atoms with van der Waals surface area (Å²) in [6, 6.07) is 7.04. The van der Waals surface area contributed by atoms with E-state index in [4.69, 9.17) is 4.74 Å². The van der Waals surface area contributed by atoms with Crippen LogP contribution in [0, 0.1) is 13.8 Å². The molecule has 0 aliphatic rings. The Balaban J connectivity index is 2.96. The summed E-state index contributed by atoms with van der Waals surface area (Å²) in [5.74, 6) is 0. The second-order valence-electron chi connectivity index (χ2n) is 5.18. The van der Waals surface area contributed by atoms with Crippen LogP contribution in [0.2, 0.25) is 0 Å². The van der Waals surface area contributed by atoms with Crippen molar-refractivity contribution in [1.29, 1.82) is 0 Å². The highest BCUT2D eigenvalue weighted by molar-refractivity contribution is 5.32. The summed E-state index contributed by atoms with van der Waals surface area (Å²) in [5.41, 5.74) is 4.05. The summed E-state index contributed by atoms with van der Waals surface area (Å²) >= 11 is 0. The Labute approximate surface area is 118 Å². The maximum atomic E-state index is 5.91. The van der Waals surface area contributed by atoms with Gasteiger partial charge in [-0.2, -0.15) is 0 Å². The van der Waals surface area contributed by atoms with E-state index in [2.05, 4.69) is 58.1 Å². The largest absolute Gasteiger partial charge is 0.377 e. The van der Waals surface area contributed by atoms with Crippen LogP contribution in [-0.4, -0.2) is 19.3 Å². The van der Waals surface area contributed by atoms with Gasteiger partial charge in [-0.1, -0.05) is 32.0 Å². The highest BCUT2D eigenvalue weighted by atomic mass is 16.5. The first-order chi connectivity index (χ1) is 9.13. The number of ether oxygens (including phenoxy) is 1. The van der Waals surface area contributed by atoms with Crippen LogP contribution in [0.5, 0.6) is 0 Å². The van der Waals surface area contributed by atoms with Gasteiger partial charge in [-0.3, -0.25) is 0 Å². The zero-order valence-electron chi connectivity index (χ0n) is 13.1. The summed E-state index contributed by atoms with van der Waals surface area (Å²) in [7, 11) is 0. The summed E-state index contributed by atoms with van der Waals surface area (Å²) < 4.78 is 5.91. The van der Waals surface area contributed by atoms with Crippen LogP contribution in [0.3, 0.4) is 0 Å². The van der Waals surface area contributed by atoms with Gasteiger partial charge in [-0.25, -0.2) is 0 Å². The third-order valence-electron chi connectivity index (χ3n) is 3.66. The van der Waals surface area contributed by atoms with E-state index in [-0.39, 0.29) is 6.10 Å². The van der Waals surface area contributed by atoms with Gasteiger partial charge in [0.2, 0.25) is 0 Å². The van der Waals surface area contributed by atoms with E-state index in [0.717, 1.165) is 26.0 Å². The average Bonchev–Trinajstić information content (AvgIpc) is 2.41. The van der Waals surface area contributed by atoms with Crippen LogP contribution in [0.15, 0.2) is 18.2 Å². The fourth-order valence-electron chi connectivity index (χ4n) is 2.39. The Bertz CT molecular complexity index is 376. The molecule has 2 atom stereocenters. The van der Waals surface area contributed by atoms with E-state index < -0.39 is 0 Å². The van der Waals surface area contributed by atoms with Gasteiger partial charge in [0.1, 0.15) is 0 Å². The van der Waals surface area contributed by atoms with E-state index in [0.29, 0.717) is 6.04 Å². The number of benzene rings is 1. The minimum atomic E-state index is 0.249. The monoisotopic (exact) mass is 263 g/mol. The molecule has 1 N–H and O–H groups in total. The maximum absolute atomic E-state index is 5.91. The lowest BCUT2D eigenvalue weighted by atomic mass is 9.96. The number of nitrogens with one attached hydrogen (secondary N) is 1. The second kappa shape index (κ2) is 8.34. The minimum Gasteiger partial charge on any atom is -0.377 e. The van der Waals surface area contributed by atoms with Gasteiger partial charge in [0.15, 0.2) is 0 Å². The van der Waals surface area contributed by atoms with Crippen LogP contribution in [0.4, 0.5) is 0 Å². The molecule has 1 rings (SSSR count). The highest BCUT2D eigenvalue weighted by Gasteiger charge is 2.21. The molecule has 0 aliphatic carbocycles. The first kappa shape index (κ1) is 16.2. The molecule has 108 valence electrons. The maximum Gasteiger partial charge on any atom is 0.0766 e. The Morgan fingerprint density at radius 1 is 1.11 bits per heavy atom. The molecule has 0 saturated heterocycles. The van der Waals surface area contributed by atoms with Crippen LogP contribution in [0.1, 0.15) is 56.3 Å². The van der Waals surface area contributed by atoms with Gasteiger partial charge >= 0.3 is 0 Å². The Morgan fingerprint density at radius 3 is 2.37 bits per heavy atom. The average molecular weight is 263 g/mol. The van der Waals surface area contributed by atoms with Crippen LogP contribution in [0.25, 0.3) is 0 Å². The first-order valence-corrected chi connectivity index (χ1v) is 7.56. The van der Waals surface area contributed by atoms with Gasteiger partial charge in [0.05, 0.1) is 12.1 Å². The van der Waals surface area contributed by atoms with Crippen molar-refractivity contribution in [2.24, 2.45) is 0 Å². The minimum absolute atomic E-state index is 0.249. The van der Waals surface area contributed by atoms with Crippen LogP contribution in [-0.2, 0) is 4.74 Å². The zero-order chi connectivity index (χ0) is 14.3. The van der Waals surface area contributed by atoms with Crippen molar-refractivity contribution < 1.29 is 4.74 Å².